The number of carbonyl (C=O) groups excluding carboxylic acids is 1. The van der Waals surface area contributed by atoms with Crippen LogP contribution in [0, 0.1) is 6.92 Å². The fraction of sp³-hybridized carbons (Fsp3) is 0.333. The average molecular weight is 446 g/mol. The molecule has 9 heteroatoms. The van der Waals surface area contributed by atoms with Crippen LogP contribution >= 0.6 is 11.8 Å². The van der Waals surface area contributed by atoms with Crippen LogP contribution in [0.4, 0.5) is 11.4 Å². The summed E-state index contributed by atoms with van der Waals surface area (Å²) in [5.41, 5.74) is 2.54. The van der Waals surface area contributed by atoms with Crippen LogP contribution in [0.1, 0.15) is 5.56 Å². The van der Waals surface area contributed by atoms with E-state index in [1.165, 1.54) is 11.8 Å². The summed E-state index contributed by atoms with van der Waals surface area (Å²) < 4.78 is 29.0. The maximum Gasteiger partial charge on any atom is 0.244 e. The van der Waals surface area contributed by atoms with Gasteiger partial charge >= 0.3 is 0 Å². The van der Waals surface area contributed by atoms with Crippen LogP contribution in [0.2, 0.25) is 0 Å². The number of carbonyl (C=O) groups is 1. The number of ether oxygens (including phenoxy) is 1. The third-order valence-corrected chi connectivity index (χ3v) is 8.39. The Hall–Kier alpha value is -2.52. The van der Waals surface area contributed by atoms with Gasteiger partial charge in [-0.15, -0.1) is 0 Å². The molecule has 1 N–H and O–H groups in total. The number of hydrogen-bond acceptors (Lipinski definition) is 7. The van der Waals surface area contributed by atoms with Gasteiger partial charge in [-0.25, -0.2) is 8.42 Å². The zero-order valence-corrected chi connectivity index (χ0v) is 18.4. The summed E-state index contributed by atoms with van der Waals surface area (Å²) >= 11 is 1.43. The number of thioether (sulfide) groups is 1. The molecule has 2 aromatic carbocycles. The zero-order chi connectivity index (χ0) is 21.3. The van der Waals surface area contributed by atoms with Crippen molar-refractivity contribution in [1.29, 1.82) is 0 Å². The summed E-state index contributed by atoms with van der Waals surface area (Å²) in [6, 6.07) is 14.7. The first-order chi connectivity index (χ1) is 14.3. The van der Waals surface area contributed by atoms with Crippen LogP contribution in [0.15, 0.2) is 53.5 Å². The van der Waals surface area contributed by atoms with Gasteiger partial charge in [0.1, 0.15) is 12.3 Å². The number of amides is 1. The Bertz CT molecular complexity index is 1080. The quantitative estimate of drug-likeness (QED) is 0.761. The molecule has 2 aliphatic heterocycles. The maximum atomic E-state index is 12.8. The van der Waals surface area contributed by atoms with E-state index in [1.54, 1.807) is 7.11 Å². The molecule has 1 fully saturated rings. The molecule has 0 radical (unpaired) electrons. The highest BCUT2D eigenvalue weighted by Gasteiger charge is 2.44. The van der Waals surface area contributed by atoms with Gasteiger partial charge < -0.3 is 15.0 Å². The van der Waals surface area contributed by atoms with Crippen LogP contribution in [-0.2, 0) is 14.6 Å². The number of benzene rings is 2. The molecule has 30 heavy (non-hydrogen) atoms. The van der Waals surface area contributed by atoms with E-state index in [9.17, 15) is 13.2 Å². The van der Waals surface area contributed by atoms with Gasteiger partial charge in [0.2, 0.25) is 5.91 Å². The molecule has 2 atom stereocenters. The molecular formula is C21H23N3O4S2. The summed E-state index contributed by atoms with van der Waals surface area (Å²) in [5.74, 6) is 0.737. The number of rotatable bonds is 5. The molecule has 158 valence electrons. The van der Waals surface area contributed by atoms with Gasteiger partial charge in [-0.05, 0) is 42.8 Å². The van der Waals surface area contributed by atoms with Crippen LogP contribution in [0.3, 0.4) is 0 Å². The smallest absolute Gasteiger partial charge is 0.244 e. The Labute approximate surface area is 180 Å². The zero-order valence-electron chi connectivity index (χ0n) is 16.7. The molecule has 2 unspecified atom stereocenters. The first-order valence-electron chi connectivity index (χ1n) is 9.56. The predicted molar refractivity (Wildman–Crippen MR) is 121 cm³/mol. The lowest BCUT2D eigenvalue weighted by Crippen LogP contribution is -2.36. The predicted octanol–water partition coefficient (Wildman–Crippen LogP) is 2.72. The monoisotopic (exact) mass is 445 g/mol. The Morgan fingerprint density at radius 3 is 2.60 bits per heavy atom. The number of hydrogen-bond donors (Lipinski definition) is 1. The average Bonchev–Trinajstić information content (AvgIpc) is 3.21. The first-order valence-corrected chi connectivity index (χ1v) is 12.3. The van der Waals surface area contributed by atoms with Crippen LogP contribution < -0.4 is 15.0 Å². The lowest BCUT2D eigenvalue weighted by atomic mass is 10.2. The van der Waals surface area contributed by atoms with Crippen molar-refractivity contribution in [3.05, 3.63) is 54.1 Å². The third kappa shape index (κ3) is 4.46. The van der Waals surface area contributed by atoms with Crippen molar-refractivity contribution in [3.63, 3.8) is 0 Å². The number of methoxy groups -OCH3 is 1. The normalized spacial score (nSPS) is 21.6. The van der Waals surface area contributed by atoms with E-state index in [0.717, 1.165) is 16.9 Å². The number of amidine groups is 1. The Balaban J connectivity index is 1.58. The minimum atomic E-state index is -3.04. The third-order valence-electron chi connectivity index (χ3n) is 5.14. The van der Waals surface area contributed by atoms with Crippen LogP contribution in [-0.4, -0.2) is 55.9 Å². The Kier molecular flexibility index (Phi) is 5.75. The highest BCUT2D eigenvalue weighted by molar-refractivity contribution is 8.15. The molecule has 0 aliphatic carbocycles. The maximum absolute atomic E-state index is 12.8. The Morgan fingerprint density at radius 1 is 1.20 bits per heavy atom. The van der Waals surface area contributed by atoms with Gasteiger partial charge in [0.15, 0.2) is 15.0 Å². The molecule has 0 spiro atoms. The second-order valence-corrected chi connectivity index (χ2v) is 10.7. The number of sulfone groups is 1. The second kappa shape index (κ2) is 8.31. The van der Waals surface area contributed by atoms with Gasteiger partial charge in [0.25, 0.3) is 0 Å². The number of aryl methyl sites for hydroxylation is 1. The fourth-order valence-corrected chi connectivity index (χ4v) is 7.33. The minimum absolute atomic E-state index is 0.0681. The SMILES string of the molecule is COc1ccc(N(CC(=O)Nc2ccccc2C)C2=NC3CS(=O)(=O)CC3S2)cc1. The summed E-state index contributed by atoms with van der Waals surface area (Å²) in [5, 5.41) is 3.53. The number of anilines is 2. The lowest BCUT2D eigenvalue weighted by Gasteiger charge is -2.24. The van der Waals surface area contributed by atoms with Crippen LogP contribution in [0.5, 0.6) is 5.75 Å². The van der Waals surface area contributed by atoms with E-state index in [2.05, 4.69) is 10.3 Å². The molecule has 2 heterocycles. The molecule has 2 aromatic rings. The van der Waals surface area contributed by atoms with E-state index in [0.29, 0.717) is 10.9 Å². The van der Waals surface area contributed by atoms with Crippen molar-refractivity contribution in [2.45, 2.75) is 18.2 Å². The van der Waals surface area contributed by atoms with Gasteiger partial charge in [-0.3, -0.25) is 9.79 Å². The van der Waals surface area contributed by atoms with Gasteiger partial charge in [-0.2, -0.15) is 0 Å². The van der Waals surface area contributed by atoms with Crippen molar-refractivity contribution < 1.29 is 17.9 Å². The topological polar surface area (TPSA) is 88.1 Å². The van der Waals surface area contributed by atoms with Crippen molar-refractivity contribution in [3.8, 4) is 5.75 Å². The van der Waals surface area contributed by atoms with Gasteiger partial charge in [-0.1, -0.05) is 30.0 Å². The number of aliphatic imine (C=N–C) groups is 1. The summed E-state index contributed by atoms with van der Waals surface area (Å²) in [6.45, 7) is 2.01. The van der Waals surface area contributed by atoms with Crippen molar-refractivity contribution in [1.82, 2.24) is 0 Å². The van der Waals surface area contributed by atoms with Crippen molar-refractivity contribution >= 4 is 44.0 Å². The molecule has 2 aliphatic rings. The number of fused-ring (bicyclic) bond motifs is 1. The lowest BCUT2D eigenvalue weighted by molar-refractivity contribution is -0.114. The number of para-hydroxylation sites is 1. The summed E-state index contributed by atoms with van der Waals surface area (Å²) in [7, 11) is -1.44. The van der Waals surface area contributed by atoms with E-state index < -0.39 is 9.84 Å². The van der Waals surface area contributed by atoms with E-state index in [4.69, 9.17) is 4.74 Å². The van der Waals surface area contributed by atoms with Gasteiger partial charge in [0.05, 0.1) is 24.7 Å². The van der Waals surface area contributed by atoms with E-state index in [-0.39, 0.29) is 35.2 Å². The minimum Gasteiger partial charge on any atom is -0.497 e. The molecule has 1 saturated heterocycles. The molecule has 4 rings (SSSR count). The largest absolute Gasteiger partial charge is 0.497 e. The molecule has 1 amide bonds. The van der Waals surface area contributed by atoms with E-state index in [1.807, 2.05) is 60.4 Å². The number of nitrogens with zero attached hydrogens (tertiary/aromatic N) is 2. The highest BCUT2D eigenvalue weighted by atomic mass is 32.2. The van der Waals surface area contributed by atoms with Gasteiger partial charge in [0, 0.05) is 16.6 Å². The molecule has 0 bridgehead atoms. The molecular weight excluding hydrogens is 422 g/mol. The van der Waals surface area contributed by atoms with E-state index >= 15 is 0 Å². The van der Waals surface area contributed by atoms with Crippen molar-refractivity contribution in [2.24, 2.45) is 4.99 Å². The molecule has 0 saturated carbocycles. The van der Waals surface area contributed by atoms with Crippen LogP contribution in [0.25, 0.3) is 0 Å². The first kappa shape index (κ1) is 20.7. The second-order valence-electron chi connectivity index (χ2n) is 7.36. The fourth-order valence-electron chi connectivity index (χ4n) is 3.55. The summed E-state index contributed by atoms with van der Waals surface area (Å²) in [6.07, 6.45) is 0. The molecule has 7 nitrogen and oxygen atoms in total. The number of nitrogens with one attached hydrogen (secondary N) is 1. The highest BCUT2D eigenvalue weighted by Crippen LogP contribution is 2.37. The standard InChI is InChI=1S/C21H23N3O4S2/c1-14-5-3-4-6-17(14)22-20(25)11-24(15-7-9-16(28-2)10-8-15)21-23-18-12-30(26,27)13-19(18)29-21/h3-10,18-19H,11-13H2,1-2H3,(H,22,25). The summed E-state index contributed by atoms with van der Waals surface area (Å²) in [4.78, 5) is 19.3. The van der Waals surface area contributed by atoms with Crippen molar-refractivity contribution in [2.75, 3.05) is 35.4 Å². The molecule has 0 aromatic heterocycles. The Morgan fingerprint density at radius 2 is 1.93 bits per heavy atom.